The summed E-state index contributed by atoms with van der Waals surface area (Å²) >= 11 is 0. The van der Waals surface area contributed by atoms with Gasteiger partial charge in [0.25, 0.3) is 0 Å². The molecule has 0 bridgehead atoms. The lowest BCUT2D eigenvalue weighted by Crippen LogP contribution is -2.44. The number of aromatic nitrogens is 2. The largest absolute Gasteiger partial charge is 0.485 e. The number of rotatable bonds is 5. The minimum Gasteiger partial charge on any atom is -0.485 e. The van der Waals surface area contributed by atoms with Crippen LogP contribution in [0, 0.1) is 12.3 Å². The third kappa shape index (κ3) is 3.46. The molecule has 1 amide bonds. The van der Waals surface area contributed by atoms with E-state index < -0.39 is 11.3 Å². The number of ketones is 1. The number of Topliss-reactive ketones (excluding diaryl/α,β-unsaturated/α-hetero) is 1. The van der Waals surface area contributed by atoms with Gasteiger partial charge >= 0.3 is 0 Å². The quantitative estimate of drug-likeness (QED) is 0.788. The summed E-state index contributed by atoms with van der Waals surface area (Å²) in [5, 5.41) is 5.89. The van der Waals surface area contributed by atoms with Crippen LogP contribution in [0.4, 0.5) is 5.82 Å². The summed E-state index contributed by atoms with van der Waals surface area (Å²) in [6.45, 7) is 5.20. The molecule has 1 aliphatic carbocycles. The SMILES string of the molecule is CCC1(C(=O)Nc2cnc(C)cn2)C=CC=C(O[C@@H]2CCNC2)C1=O. The maximum Gasteiger partial charge on any atom is 0.243 e. The predicted molar refractivity (Wildman–Crippen MR) is 92.7 cm³/mol. The van der Waals surface area contributed by atoms with Crippen molar-refractivity contribution in [2.24, 2.45) is 5.41 Å². The van der Waals surface area contributed by atoms with Gasteiger partial charge in [-0.2, -0.15) is 0 Å². The number of allylic oxidation sites excluding steroid dienone is 3. The minimum absolute atomic E-state index is 0.0396. The standard InChI is InChI=1S/C18H22N4O3/c1-3-18(17(24)22-15-11-20-12(2)9-21-15)7-4-5-14(16(18)23)25-13-6-8-19-10-13/h4-5,7,9,11,13,19H,3,6,8,10H2,1-2H3,(H,21,22,24)/t13-,18?/m1/s1. The van der Waals surface area contributed by atoms with Crippen molar-refractivity contribution in [3.8, 4) is 0 Å². The highest BCUT2D eigenvalue weighted by Gasteiger charge is 2.46. The van der Waals surface area contributed by atoms with E-state index in [1.807, 2.05) is 13.8 Å². The van der Waals surface area contributed by atoms with E-state index in [9.17, 15) is 9.59 Å². The molecule has 0 radical (unpaired) electrons. The fourth-order valence-electron chi connectivity index (χ4n) is 2.97. The van der Waals surface area contributed by atoms with Gasteiger partial charge in [0.2, 0.25) is 11.7 Å². The topological polar surface area (TPSA) is 93.2 Å². The van der Waals surface area contributed by atoms with Crippen molar-refractivity contribution in [2.75, 3.05) is 18.4 Å². The number of ether oxygens (including phenoxy) is 1. The van der Waals surface area contributed by atoms with Crippen LogP contribution in [0.2, 0.25) is 0 Å². The van der Waals surface area contributed by atoms with Gasteiger partial charge in [0.05, 0.1) is 18.1 Å². The molecule has 1 aromatic rings. The van der Waals surface area contributed by atoms with Crippen molar-refractivity contribution >= 4 is 17.5 Å². The molecule has 2 heterocycles. The Labute approximate surface area is 146 Å². The lowest BCUT2D eigenvalue weighted by Gasteiger charge is -2.30. The average Bonchev–Trinajstić information content (AvgIpc) is 3.12. The summed E-state index contributed by atoms with van der Waals surface area (Å²) in [5.41, 5.74) is -0.538. The fraction of sp³-hybridized carbons (Fsp3) is 0.444. The normalized spacial score (nSPS) is 25.6. The molecule has 2 aliphatic rings. The highest BCUT2D eigenvalue weighted by atomic mass is 16.5. The lowest BCUT2D eigenvalue weighted by atomic mass is 9.76. The molecule has 1 aliphatic heterocycles. The van der Waals surface area contributed by atoms with E-state index >= 15 is 0 Å². The molecule has 1 fully saturated rings. The summed E-state index contributed by atoms with van der Waals surface area (Å²) in [5.74, 6) is -0.181. The number of aryl methyl sites for hydroxylation is 1. The maximum absolute atomic E-state index is 13.0. The second kappa shape index (κ2) is 7.14. The first-order valence-electron chi connectivity index (χ1n) is 8.47. The molecule has 1 saturated heterocycles. The number of nitrogens with zero attached hydrogens (tertiary/aromatic N) is 2. The molecule has 2 atom stereocenters. The van der Waals surface area contributed by atoms with Crippen LogP contribution in [-0.2, 0) is 14.3 Å². The van der Waals surface area contributed by atoms with Gasteiger partial charge < -0.3 is 15.4 Å². The second-order valence-electron chi connectivity index (χ2n) is 6.27. The summed E-state index contributed by atoms with van der Waals surface area (Å²) in [6, 6.07) is 0. The van der Waals surface area contributed by atoms with Gasteiger partial charge in [-0.3, -0.25) is 14.6 Å². The van der Waals surface area contributed by atoms with Crippen molar-refractivity contribution < 1.29 is 14.3 Å². The Hall–Kier alpha value is -2.54. The van der Waals surface area contributed by atoms with Crippen molar-refractivity contribution in [1.29, 1.82) is 0 Å². The van der Waals surface area contributed by atoms with Crippen LogP contribution in [-0.4, -0.2) is 40.9 Å². The Morgan fingerprint density at radius 2 is 2.28 bits per heavy atom. The third-order valence-corrected chi connectivity index (χ3v) is 4.55. The molecule has 25 heavy (non-hydrogen) atoms. The van der Waals surface area contributed by atoms with E-state index in [4.69, 9.17) is 4.74 Å². The number of amides is 1. The maximum atomic E-state index is 13.0. The number of anilines is 1. The van der Waals surface area contributed by atoms with E-state index in [2.05, 4.69) is 20.6 Å². The molecule has 7 heteroatoms. The zero-order chi connectivity index (χ0) is 17.9. The van der Waals surface area contributed by atoms with E-state index in [-0.39, 0.29) is 17.6 Å². The Kier molecular flexibility index (Phi) is 4.94. The molecular weight excluding hydrogens is 320 g/mol. The number of hydrogen-bond donors (Lipinski definition) is 2. The molecule has 0 saturated carbocycles. The van der Waals surface area contributed by atoms with Crippen molar-refractivity contribution in [3.63, 3.8) is 0 Å². The fourth-order valence-corrected chi connectivity index (χ4v) is 2.97. The van der Waals surface area contributed by atoms with Gasteiger partial charge in [-0.1, -0.05) is 19.1 Å². The molecule has 7 nitrogen and oxygen atoms in total. The average molecular weight is 342 g/mol. The predicted octanol–water partition coefficient (Wildman–Crippen LogP) is 1.52. The lowest BCUT2D eigenvalue weighted by molar-refractivity contribution is -0.136. The van der Waals surface area contributed by atoms with Crippen LogP contribution < -0.4 is 10.6 Å². The van der Waals surface area contributed by atoms with Crippen LogP contribution in [0.15, 0.2) is 36.4 Å². The van der Waals surface area contributed by atoms with E-state index in [0.29, 0.717) is 18.8 Å². The number of hydrogen-bond acceptors (Lipinski definition) is 6. The van der Waals surface area contributed by atoms with Gasteiger partial charge in [0.1, 0.15) is 11.5 Å². The van der Waals surface area contributed by atoms with Crippen LogP contribution in [0.3, 0.4) is 0 Å². The first-order chi connectivity index (χ1) is 12.0. The first kappa shape index (κ1) is 17.3. The number of carbonyl (C=O) groups excluding carboxylic acids is 2. The van der Waals surface area contributed by atoms with Crippen molar-refractivity contribution in [3.05, 3.63) is 42.1 Å². The monoisotopic (exact) mass is 342 g/mol. The van der Waals surface area contributed by atoms with Gasteiger partial charge in [-0.15, -0.1) is 0 Å². The molecule has 132 valence electrons. The van der Waals surface area contributed by atoms with Crippen LogP contribution >= 0.6 is 0 Å². The van der Waals surface area contributed by atoms with Gasteiger partial charge in [-0.05, 0) is 32.4 Å². The summed E-state index contributed by atoms with van der Waals surface area (Å²) in [4.78, 5) is 34.1. The molecule has 0 aromatic carbocycles. The minimum atomic E-state index is -1.29. The number of nitrogens with one attached hydrogen (secondary N) is 2. The number of carbonyl (C=O) groups is 2. The van der Waals surface area contributed by atoms with E-state index in [1.54, 1.807) is 24.4 Å². The zero-order valence-electron chi connectivity index (χ0n) is 14.4. The Bertz CT molecular complexity index is 720. The van der Waals surface area contributed by atoms with Crippen LogP contribution in [0.25, 0.3) is 0 Å². The molecule has 2 N–H and O–H groups in total. The molecular formula is C18H22N4O3. The molecule has 1 unspecified atom stereocenters. The summed E-state index contributed by atoms with van der Waals surface area (Å²) < 4.78 is 5.83. The Morgan fingerprint density at radius 1 is 1.44 bits per heavy atom. The Balaban J connectivity index is 1.78. The smallest absolute Gasteiger partial charge is 0.243 e. The van der Waals surface area contributed by atoms with Gasteiger partial charge in [0, 0.05) is 6.54 Å². The van der Waals surface area contributed by atoms with Gasteiger partial charge in [0.15, 0.2) is 11.6 Å². The Morgan fingerprint density at radius 3 is 2.92 bits per heavy atom. The van der Waals surface area contributed by atoms with Crippen molar-refractivity contribution in [1.82, 2.24) is 15.3 Å². The van der Waals surface area contributed by atoms with Gasteiger partial charge in [-0.25, -0.2) is 4.98 Å². The summed E-state index contributed by atoms with van der Waals surface area (Å²) in [7, 11) is 0. The van der Waals surface area contributed by atoms with E-state index in [1.165, 1.54) is 6.20 Å². The van der Waals surface area contributed by atoms with Crippen LogP contribution in [0.1, 0.15) is 25.5 Å². The van der Waals surface area contributed by atoms with Crippen LogP contribution in [0.5, 0.6) is 0 Å². The molecule has 0 spiro atoms. The van der Waals surface area contributed by atoms with Crippen molar-refractivity contribution in [2.45, 2.75) is 32.8 Å². The molecule has 1 aromatic heterocycles. The van der Waals surface area contributed by atoms with E-state index in [0.717, 1.165) is 18.7 Å². The highest BCUT2D eigenvalue weighted by molar-refractivity contribution is 6.18. The summed E-state index contributed by atoms with van der Waals surface area (Å²) in [6.07, 6.45) is 9.15. The first-order valence-corrected chi connectivity index (χ1v) is 8.47. The third-order valence-electron chi connectivity index (χ3n) is 4.55. The highest BCUT2D eigenvalue weighted by Crippen LogP contribution is 2.34. The molecule has 3 rings (SSSR count). The zero-order valence-corrected chi connectivity index (χ0v) is 14.4. The second-order valence-corrected chi connectivity index (χ2v) is 6.27.